The average molecular weight is 577 g/mol. The third-order valence-corrected chi connectivity index (χ3v) is 8.36. The fourth-order valence-electron chi connectivity index (χ4n) is 6.17. The van der Waals surface area contributed by atoms with Crippen molar-refractivity contribution in [3.8, 4) is 34.1 Å². The van der Waals surface area contributed by atoms with Crippen LogP contribution < -0.4 is 4.74 Å². The number of aryl methyl sites for hydroxylation is 3. The molecule has 0 spiro atoms. The molecule has 7 rings (SSSR count). The van der Waals surface area contributed by atoms with Crippen LogP contribution in [-0.4, -0.2) is 19.3 Å². The Balaban J connectivity index is 1.22. The number of fused-ring (bicyclic) bond motifs is 3. The van der Waals surface area contributed by atoms with Gasteiger partial charge in [-0.1, -0.05) is 57.2 Å². The Morgan fingerprint density at radius 2 is 1.45 bits per heavy atom. The standard InChI is InChI=1S/C39H36N4O/c1-25-16-17-40-37(18-25)43-35-13-8-7-12-33(35)34-15-14-32(22-36(34)43)44-31-11-9-10-30(21-31)42-24-28(23-41-42)38-26(2)19-29(20-27(38)3)39(4,5)6/h7-24H,1-6H3. The Labute approximate surface area is 258 Å². The van der Waals surface area contributed by atoms with Gasteiger partial charge in [0, 0.05) is 40.9 Å². The highest BCUT2D eigenvalue weighted by atomic mass is 16.5. The third-order valence-electron chi connectivity index (χ3n) is 8.36. The molecular formula is C39H36N4O. The molecule has 4 aromatic carbocycles. The maximum absolute atomic E-state index is 6.46. The van der Waals surface area contributed by atoms with Gasteiger partial charge in [0.2, 0.25) is 0 Å². The summed E-state index contributed by atoms with van der Waals surface area (Å²) in [5.74, 6) is 2.40. The van der Waals surface area contributed by atoms with Gasteiger partial charge in [0.05, 0.1) is 22.9 Å². The van der Waals surface area contributed by atoms with Gasteiger partial charge in [-0.05, 0) is 96.5 Å². The molecule has 44 heavy (non-hydrogen) atoms. The monoisotopic (exact) mass is 576 g/mol. The summed E-state index contributed by atoms with van der Waals surface area (Å²) in [6.07, 6.45) is 5.91. The molecule has 7 aromatic rings. The van der Waals surface area contributed by atoms with Crippen LogP contribution in [0.25, 0.3) is 44.4 Å². The van der Waals surface area contributed by atoms with Crippen LogP contribution in [0.4, 0.5) is 0 Å². The maximum atomic E-state index is 6.46. The summed E-state index contributed by atoms with van der Waals surface area (Å²) in [4.78, 5) is 4.70. The second kappa shape index (κ2) is 10.5. The molecule has 0 radical (unpaired) electrons. The predicted molar refractivity (Wildman–Crippen MR) is 181 cm³/mol. The summed E-state index contributed by atoms with van der Waals surface area (Å²) in [6, 6.07) is 31.5. The molecule has 5 heteroatoms. The van der Waals surface area contributed by atoms with E-state index >= 15 is 0 Å². The van der Waals surface area contributed by atoms with E-state index in [-0.39, 0.29) is 5.41 Å². The van der Waals surface area contributed by atoms with Crippen molar-refractivity contribution >= 4 is 21.8 Å². The Morgan fingerprint density at radius 1 is 0.705 bits per heavy atom. The van der Waals surface area contributed by atoms with E-state index in [0.29, 0.717) is 0 Å². The van der Waals surface area contributed by atoms with Crippen molar-refractivity contribution in [1.29, 1.82) is 0 Å². The van der Waals surface area contributed by atoms with Gasteiger partial charge < -0.3 is 4.74 Å². The summed E-state index contributed by atoms with van der Waals surface area (Å²) in [7, 11) is 0. The van der Waals surface area contributed by atoms with Crippen molar-refractivity contribution < 1.29 is 4.74 Å². The van der Waals surface area contributed by atoms with E-state index in [1.807, 2.05) is 47.4 Å². The molecule has 0 aliphatic carbocycles. The lowest BCUT2D eigenvalue weighted by Gasteiger charge is -2.22. The highest BCUT2D eigenvalue weighted by Gasteiger charge is 2.18. The lowest BCUT2D eigenvalue weighted by Crippen LogP contribution is -2.12. The highest BCUT2D eigenvalue weighted by molar-refractivity contribution is 6.09. The summed E-state index contributed by atoms with van der Waals surface area (Å²) in [5.41, 5.74) is 10.6. The Kier molecular flexibility index (Phi) is 6.62. The van der Waals surface area contributed by atoms with Gasteiger partial charge in [0.1, 0.15) is 17.3 Å². The minimum absolute atomic E-state index is 0.108. The number of pyridine rings is 1. The topological polar surface area (TPSA) is 44.9 Å². The number of benzene rings is 4. The fraction of sp³-hybridized carbons (Fsp3) is 0.179. The third kappa shape index (κ3) is 4.94. The number of aromatic nitrogens is 4. The van der Waals surface area contributed by atoms with Gasteiger partial charge in [0.25, 0.3) is 0 Å². The second-order valence-corrected chi connectivity index (χ2v) is 12.7. The quantitative estimate of drug-likeness (QED) is 0.205. The van der Waals surface area contributed by atoms with E-state index in [1.54, 1.807) is 0 Å². The van der Waals surface area contributed by atoms with Crippen LogP contribution in [0.2, 0.25) is 0 Å². The van der Waals surface area contributed by atoms with Crippen LogP contribution in [0.5, 0.6) is 11.5 Å². The smallest absolute Gasteiger partial charge is 0.137 e. The number of para-hydroxylation sites is 1. The zero-order chi connectivity index (χ0) is 30.6. The van der Waals surface area contributed by atoms with Gasteiger partial charge in [0.15, 0.2) is 0 Å². The Hall–Kier alpha value is -5.16. The number of hydrogen-bond acceptors (Lipinski definition) is 3. The first-order valence-electron chi connectivity index (χ1n) is 15.1. The lowest BCUT2D eigenvalue weighted by atomic mass is 9.83. The first kappa shape index (κ1) is 27.7. The van der Waals surface area contributed by atoms with E-state index in [9.17, 15) is 0 Å². The molecule has 0 saturated heterocycles. The molecule has 0 N–H and O–H groups in total. The van der Waals surface area contributed by atoms with Crippen LogP contribution in [0.1, 0.15) is 43.0 Å². The molecule has 0 unspecified atom stereocenters. The van der Waals surface area contributed by atoms with E-state index in [2.05, 4.69) is 113 Å². The van der Waals surface area contributed by atoms with E-state index in [4.69, 9.17) is 14.8 Å². The summed E-state index contributed by atoms with van der Waals surface area (Å²) in [6.45, 7) is 13.2. The van der Waals surface area contributed by atoms with E-state index in [0.717, 1.165) is 45.0 Å². The number of ether oxygens (including phenoxy) is 1. The van der Waals surface area contributed by atoms with Crippen LogP contribution in [0.15, 0.2) is 110 Å². The fourth-order valence-corrected chi connectivity index (χ4v) is 6.17. The normalized spacial score (nSPS) is 11.9. The second-order valence-electron chi connectivity index (χ2n) is 12.7. The number of nitrogens with zero attached hydrogens (tertiary/aromatic N) is 4. The minimum atomic E-state index is 0.108. The van der Waals surface area contributed by atoms with Gasteiger partial charge in [-0.25, -0.2) is 9.67 Å². The van der Waals surface area contributed by atoms with Gasteiger partial charge in [-0.15, -0.1) is 0 Å². The van der Waals surface area contributed by atoms with Crippen molar-refractivity contribution in [1.82, 2.24) is 19.3 Å². The van der Waals surface area contributed by atoms with Gasteiger partial charge in [-0.2, -0.15) is 5.10 Å². The van der Waals surface area contributed by atoms with Gasteiger partial charge in [-0.3, -0.25) is 4.57 Å². The van der Waals surface area contributed by atoms with Crippen LogP contribution in [0.3, 0.4) is 0 Å². The predicted octanol–water partition coefficient (Wildman–Crippen LogP) is 10.0. The van der Waals surface area contributed by atoms with Crippen molar-refractivity contribution in [2.45, 2.75) is 47.0 Å². The molecule has 0 aliphatic heterocycles. The lowest BCUT2D eigenvalue weighted by molar-refractivity contribution is 0.483. The first-order valence-corrected chi connectivity index (χ1v) is 15.1. The molecule has 0 amide bonds. The number of rotatable bonds is 5. The molecule has 0 fully saturated rings. The maximum Gasteiger partial charge on any atom is 0.137 e. The molecule has 0 aliphatic rings. The molecule has 5 nitrogen and oxygen atoms in total. The van der Waals surface area contributed by atoms with Crippen LogP contribution in [-0.2, 0) is 5.41 Å². The average Bonchev–Trinajstić information content (AvgIpc) is 3.59. The summed E-state index contributed by atoms with van der Waals surface area (Å²) >= 11 is 0. The molecule has 218 valence electrons. The summed E-state index contributed by atoms with van der Waals surface area (Å²) < 4.78 is 10.6. The summed E-state index contributed by atoms with van der Waals surface area (Å²) in [5, 5.41) is 7.08. The first-order chi connectivity index (χ1) is 21.2. The number of hydrogen-bond donors (Lipinski definition) is 0. The zero-order valence-electron chi connectivity index (χ0n) is 26.1. The van der Waals surface area contributed by atoms with Crippen molar-refractivity contribution in [2.75, 3.05) is 0 Å². The van der Waals surface area contributed by atoms with E-state index < -0.39 is 0 Å². The zero-order valence-corrected chi connectivity index (χ0v) is 26.1. The molecule has 0 bridgehead atoms. The van der Waals surface area contributed by atoms with Gasteiger partial charge >= 0.3 is 0 Å². The van der Waals surface area contributed by atoms with Crippen LogP contribution in [0, 0.1) is 20.8 Å². The van der Waals surface area contributed by atoms with Crippen molar-refractivity contribution in [3.05, 3.63) is 132 Å². The molecule has 0 saturated carbocycles. The Morgan fingerprint density at radius 3 is 2.23 bits per heavy atom. The van der Waals surface area contributed by atoms with Crippen LogP contribution >= 0.6 is 0 Å². The Bertz CT molecular complexity index is 2150. The van der Waals surface area contributed by atoms with Crippen molar-refractivity contribution in [2.24, 2.45) is 0 Å². The highest BCUT2D eigenvalue weighted by Crippen LogP contribution is 2.36. The van der Waals surface area contributed by atoms with Crippen molar-refractivity contribution in [3.63, 3.8) is 0 Å². The van der Waals surface area contributed by atoms with E-state index in [1.165, 1.54) is 33.2 Å². The minimum Gasteiger partial charge on any atom is -0.457 e. The molecule has 0 atom stereocenters. The molecule has 3 aromatic heterocycles. The largest absolute Gasteiger partial charge is 0.457 e. The SMILES string of the molecule is Cc1ccnc(-n2c3ccccc3c3ccc(Oc4cccc(-n5cc(-c6c(C)cc(C(C)(C)C)cc6C)cn5)c4)cc32)c1. The molecule has 3 heterocycles. The molecular weight excluding hydrogens is 540 g/mol.